The molecular formula is C11H21N3O. The summed E-state index contributed by atoms with van der Waals surface area (Å²) < 4.78 is 0. The quantitative estimate of drug-likeness (QED) is 0.705. The lowest BCUT2D eigenvalue weighted by molar-refractivity contribution is -0.125. The van der Waals surface area contributed by atoms with Crippen LogP contribution in [0.25, 0.3) is 0 Å². The Bertz CT molecular complexity index is 234. The molecule has 1 spiro atoms. The largest absolute Gasteiger partial charge is 0.342 e. The van der Waals surface area contributed by atoms with Crippen LogP contribution in [0.5, 0.6) is 0 Å². The fraction of sp³-hybridized carbons (Fsp3) is 0.909. The lowest BCUT2D eigenvalue weighted by Crippen LogP contribution is -2.54. The molecule has 0 radical (unpaired) electrons. The van der Waals surface area contributed by atoms with Crippen molar-refractivity contribution in [2.24, 2.45) is 0 Å². The molecule has 0 unspecified atom stereocenters. The van der Waals surface area contributed by atoms with Gasteiger partial charge >= 0.3 is 0 Å². The van der Waals surface area contributed by atoms with E-state index in [1.165, 1.54) is 19.4 Å². The molecule has 2 heterocycles. The molecule has 0 atom stereocenters. The molecule has 0 aromatic carbocycles. The summed E-state index contributed by atoms with van der Waals surface area (Å²) in [5, 5.41) is 6.18. The number of amides is 1. The molecule has 2 fully saturated rings. The van der Waals surface area contributed by atoms with Crippen molar-refractivity contribution in [2.45, 2.75) is 38.1 Å². The van der Waals surface area contributed by atoms with Crippen molar-refractivity contribution >= 4 is 5.91 Å². The molecule has 2 saturated heterocycles. The summed E-state index contributed by atoms with van der Waals surface area (Å²) in [6.45, 7) is 6.17. The van der Waals surface area contributed by atoms with Crippen molar-refractivity contribution in [1.29, 1.82) is 0 Å². The normalized spacial score (nSPS) is 25.8. The molecule has 0 aromatic rings. The number of rotatable bonds is 3. The standard InChI is InChI=1S/C11H21N3O/c1-2-3-6-14-7-4-11(5-8-14)10(15)12-9-13-11/h13H,2-9H2,1H3,(H,12,15). The maximum atomic E-state index is 11.7. The van der Waals surface area contributed by atoms with Crippen LogP contribution in [0.2, 0.25) is 0 Å². The monoisotopic (exact) mass is 211 g/mol. The molecule has 1 amide bonds. The van der Waals surface area contributed by atoms with Crippen LogP contribution in [0.4, 0.5) is 0 Å². The van der Waals surface area contributed by atoms with Gasteiger partial charge in [-0.1, -0.05) is 13.3 Å². The maximum absolute atomic E-state index is 11.7. The zero-order chi connectivity index (χ0) is 10.7. The lowest BCUT2D eigenvalue weighted by Gasteiger charge is -2.37. The molecule has 0 saturated carbocycles. The molecular weight excluding hydrogens is 190 g/mol. The second-order valence-electron chi connectivity index (χ2n) is 4.64. The minimum Gasteiger partial charge on any atom is -0.342 e. The number of hydrogen-bond acceptors (Lipinski definition) is 3. The van der Waals surface area contributed by atoms with Gasteiger partial charge in [-0.3, -0.25) is 10.1 Å². The summed E-state index contributed by atoms with van der Waals surface area (Å²) in [5.41, 5.74) is -0.233. The highest BCUT2D eigenvalue weighted by atomic mass is 16.2. The third kappa shape index (κ3) is 2.16. The first-order valence-corrected chi connectivity index (χ1v) is 6.02. The van der Waals surface area contributed by atoms with E-state index in [1.807, 2.05) is 0 Å². The van der Waals surface area contributed by atoms with Crippen LogP contribution >= 0.6 is 0 Å². The first kappa shape index (κ1) is 10.9. The van der Waals surface area contributed by atoms with Crippen molar-refractivity contribution in [3.8, 4) is 0 Å². The Hall–Kier alpha value is -0.610. The zero-order valence-electron chi connectivity index (χ0n) is 9.51. The first-order chi connectivity index (χ1) is 7.27. The maximum Gasteiger partial charge on any atom is 0.241 e. The van der Waals surface area contributed by atoms with Gasteiger partial charge in [-0.15, -0.1) is 0 Å². The number of carbonyl (C=O) groups is 1. The number of nitrogens with zero attached hydrogens (tertiary/aromatic N) is 1. The van der Waals surface area contributed by atoms with Crippen molar-refractivity contribution in [2.75, 3.05) is 26.3 Å². The van der Waals surface area contributed by atoms with E-state index in [2.05, 4.69) is 22.5 Å². The summed E-state index contributed by atoms with van der Waals surface area (Å²) in [6, 6.07) is 0. The van der Waals surface area contributed by atoms with E-state index < -0.39 is 0 Å². The molecule has 4 nitrogen and oxygen atoms in total. The number of unbranched alkanes of at least 4 members (excludes halogenated alkanes) is 1. The van der Waals surface area contributed by atoms with Gasteiger partial charge in [0.2, 0.25) is 5.91 Å². The van der Waals surface area contributed by atoms with Gasteiger partial charge in [0.05, 0.1) is 6.67 Å². The number of piperidine rings is 1. The van der Waals surface area contributed by atoms with Crippen LogP contribution in [0.15, 0.2) is 0 Å². The smallest absolute Gasteiger partial charge is 0.241 e. The fourth-order valence-electron chi connectivity index (χ4n) is 2.49. The molecule has 2 rings (SSSR count). The van der Waals surface area contributed by atoms with Crippen molar-refractivity contribution in [1.82, 2.24) is 15.5 Å². The van der Waals surface area contributed by atoms with Gasteiger partial charge in [0, 0.05) is 13.1 Å². The summed E-state index contributed by atoms with van der Waals surface area (Å²) in [6.07, 6.45) is 4.44. The van der Waals surface area contributed by atoms with Gasteiger partial charge in [-0.05, 0) is 25.8 Å². The first-order valence-electron chi connectivity index (χ1n) is 6.02. The van der Waals surface area contributed by atoms with Crippen LogP contribution < -0.4 is 10.6 Å². The third-order valence-electron chi connectivity index (χ3n) is 3.65. The number of hydrogen-bond donors (Lipinski definition) is 2. The van der Waals surface area contributed by atoms with E-state index in [0.717, 1.165) is 25.9 Å². The zero-order valence-corrected chi connectivity index (χ0v) is 9.51. The Labute approximate surface area is 91.4 Å². The highest BCUT2D eigenvalue weighted by molar-refractivity contribution is 5.88. The number of likely N-dealkylation sites (tertiary alicyclic amines) is 1. The van der Waals surface area contributed by atoms with Crippen LogP contribution in [0.3, 0.4) is 0 Å². The highest BCUT2D eigenvalue weighted by Crippen LogP contribution is 2.24. The van der Waals surface area contributed by atoms with Gasteiger partial charge in [0.15, 0.2) is 0 Å². The van der Waals surface area contributed by atoms with Gasteiger partial charge in [0.1, 0.15) is 5.54 Å². The third-order valence-corrected chi connectivity index (χ3v) is 3.65. The molecule has 2 N–H and O–H groups in total. The van der Waals surface area contributed by atoms with Crippen molar-refractivity contribution < 1.29 is 4.79 Å². The average Bonchev–Trinajstić information content (AvgIpc) is 2.60. The molecule has 15 heavy (non-hydrogen) atoms. The summed E-state index contributed by atoms with van der Waals surface area (Å²) in [7, 11) is 0. The van der Waals surface area contributed by atoms with E-state index in [9.17, 15) is 4.79 Å². The molecule has 2 aliphatic rings. The van der Waals surface area contributed by atoms with Gasteiger partial charge in [-0.2, -0.15) is 0 Å². The molecule has 86 valence electrons. The Kier molecular flexibility index (Phi) is 3.26. The van der Waals surface area contributed by atoms with Gasteiger partial charge in [-0.25, -0.2) is 0 Å². The summed E-state index contributed by atoms with van der Waals surface area (Å²) in [4.78, 5) is 14.2. The van der Waals surface area contributed by atoms with Gasteiger partial charge in [0.25, 0.3) is 0 Å². The van der Waals surface area contributed by atoms with E-state index in [4.69, 9.17) is 0 Å². The topological polar surface area (TPSA) is 44.4 Å². The van der Waals surface area contributed by atoms with Crippen molar-refractivity contribution in [3.63, 3.8) is 0 Å². The van der Waals surface area contributed by atoms with Crippen molar-refractivity contribution in [3.05, 3.63) is 0 Å². The van der Waals surface area contributed by atoms with E-state index in [-0.39, 0.29) is 11.4 Å². The van der Waals surface area contributed by atoms with Gasteiger partial charge < -0.3 is 10.2 Å². The second kappa shape index (κ2) is 4.49. The predicted molar refractivity (Wildman–Crippen MR) is 59.5 cm³/mol. The molecule has 0 bridgehead atoms. The Morgan fingerprint density at radius 1 is 1.40 bits per heavy atom. The fourth-order valence-corrected chi connectivity index (χ4v) is 2.49. The highest BCUT2D eigenvalue weighted by Gasteiger charge is 2.43. The molecule has 0 aromatic heterocycles. The summed E-state index contributed by atoms with van der Waals surface area (Å²) >= 11 is 0. The van der Waals surface area contributed by atoms with Crippen LogP contribution in [0, 0.1) is 0 Å². The van der Waals surface area contributed by atoms with Crippen LogP contribution in [0.1, 0.15) is 32.6 Å². The Morgan fingerprint density at radius 2 is 2.13 bits per heavy atom. The predicted octanol–water partition coefficient (Wildman–Crippen LogP) is 0.298. The van der Waals surface area contributed by atoms with Crippen LogP contribution in [-0.2, 0) is 4.79 Å². The molecule has 2 aliphatic heterocycles. The average molecular weight is 211 g/mol. The summed E-state index contributed by atoms with van der Waals surface area (Å²) in [5.74, 6) is 0.206. The minimum absolute atomic E-state index is 0.206. The number of carbonyl (C=O) groups excluding carboxylic acids is 1. The SMILES string of the molecule is CCCCN1CCC2(CC1)NCNC2=O. The minimum atomic E-state index is -0.233. The lowest BCUT2D eigenvalue weighted by atomic mass is 9.87. The molecule has 0 aliphatic carbocycles. The van der Waals surface area contributed by atoms with E-state index >= 15 is 0 Å². The second-order valence-corrected chi connectivity index (χ2v) is 4.64. The Morgan fingerprint density at radius 3 is 2.67 bits per heavy atom. The van der Waals surface area contributed by atoms with E-state index in [0.29, 0.717) is 6.67 Å². The Balaban J connectivity index is 1.83. The number of nitrogens with one attached hydrogen (secondary N) is 2. The molecule has 4 heteroatoms. The van der Waals surface area contributed by atoms with E-state index in [1.54, 1.807) is 0 Å². The van der Waals surface area contributed by atoms with Crippen LogP contribution in [-0.4, -0.2) is 42.6 Å².